The van der Waals surface area contributed by atoms with E-state index in [2.05, 4.69) is 0 Å². The van der Waals surface area contributed by atoms with Crippen molar-refractivity contribution in [1.29, 1.82) is 0 Å². The van der Waals surface area contributed by atoms with Gasteiger partial charge in [0.05, 0.1) is 6.61 Å². The molecule has 3 nitrogen and oxygen atoms in total. The lowest BCUT2D eigenvalue weighted by molar-refractivity contribution is -0.113. The largest absolute Gasteiger partial charge is 0.494 e. The summed E-state index contributed by atoms with van der Waals surface area (Å²) in [7, 11) is 0. The van der Waals surface area contributed by atoms with Gasteiger partial charge >= 0.3 is 0 Å². The second-order valence-corrected chi connectivity index (χ2v) is 2.74. The van der Waals surface area contributed by atoms with Crippen LogP contribution in [0.1, 0.15) is 12.5 Å². The molecule has 0 aromatic heterocycles. The number of primary amides is 1. The van der Waals surface area contributed by atoms with Crippen molar-refractivity contribution in [2.45, 2.75) is 6.92 Å². The Morgan fingerprint density at radius 1 is 1.43 bits per heavy atom. The van der Waals surface area contributed by atoms with Gasteiger partial charge in [-0.3, -0.25) is 4.79 Å². The molecule has 14 heavy (non-hydrogen) atoms. The molecule has 0 unspecified atom stereocenters. The summed E-state index contributed by atoms with van der Waals surface area (Å²) in [6, 6.07) is 7.43. The van der Waals surface area contributed by atoms with Gasteiger partial charge in [0, 0.05) is 6.08 Å². The molecule has 0 heterocycles. The third kappa shape index (κ3) is 3.31. The van der Waals surface area contributed by atoms with Crippen molar-refractivity contribution in [2.24, 2.45) is 5.73 Å². The minimum atomic E-state index is -0.445. The van der Waals surface area contributed by atoms with Gasteiger partial charge in [0.15, 0.2) is 0 Å². The van der Waals surface area contributed by atoms with E-state index in [0.29, 0.717) is 6.61 Å². The molecule has 0 aliphatic heterocycles. The summed E-state index contributed by atoms with van der Waals surface area (Å²) in [5.74, 6) is 0.377. The fraction of sp³-hybridized carbons (Fsp3) is 0.182. The Kier molecular flexibility index (Phi) is 3.73. The van der Waals surface area contributed by atoms with Crippen LogP contribution in [0.25, 0.3) is 6.08 Å². The third-order valence-electron chi connectivity index (χ3n) is 1.63. The van der Waals surface area contributed by atoms with Crippen LogP contribution in [-0.2, 0) is 4.79 Å². The van der Waals surface area contributed by atoms with Crippen LogP contribution in [0.2, 0.25) is 0 Å². The maximum absolute atomic E-state index is 10.5. The third-order valence-corrected chi connectivity index (χ3v) is 1.63. The van der Waals surface area contributed by atoms with E-state index in [0.717, 1.165) is 11.3 Å². The van der Waals surface area contributed by atoms with Gasteiger partial charge in [-0.05, 0) is 30.7 Å². The molecule has 1 aromatic carbocycles. The Bertz CT molecular complexity index is 328. The molecule has 74 valence electrons. The number of ether oxygens (including phenoxy) is 1. The summed E-state index contributed by atoms with van der Waals surface area (Å²) >= 11 is 0. The number of carbonyl (C=O) groups excluding carboxylic acids is 1. The summed E-state index contributed by atoms with van der Waals surface area (Å²) in [4.78, 5) is 10.5. The maximum atomic E-state index is 10.5. The first-order valence-corrected chi connectivity index (χ1v) is 4.42. The van der Waals surface area contributed by atoms with E-state index in [1.807, 2.05) is 31.2 Å². The molecular formula is C11H13NO2. The average Bonchev–Trinajstić information content (AvgIpc) is 2.17. The van der Waals surface area contributed by atoms with Crippen molar-refractivity contribution in [3.63, 3.8) is 0 Å². The van der Waals surface area contributed by atoms with E-state index in [1.165, 1.54) is 6.08 Å². The van der Waals surface area contributed by atoms with Gasteiger partial charge in [-0.1, -0.05) is 12.1 Å². The van der Waals surface area contributed by atoms with Crippen LogP contribution >= 0.6 is 0 Å². The Morgan fingerprint density at radius 3 is 2.57 bits per heavy atom. The summed E-state index contributed by atoms with van der Waals surface area (Å²) in [6.45, 7) is 2.58. The zero-order valence-electron chi connectivity index (χ0n) is 8.07. The Labute approximate surface area is 83.2 Å². The van der Waals surface area contributed by atoms with E-state index in [-0.39, 0.29) is 0 Å². The number of rotatable bonds is 4. The predicted octanol–water partition coefficient (Wildman–Crippen LogP) is 1.58. The topological polar surface area (TPSA) is 52.3 Å². The molecule has 0 aliphatic rings. The summed E-state index contributed by atoms with van der Waals surface area (Å²) in [6.07, 6.45) is 2.99. The van der Waals surface area contributed by atoms with E-state index < -0.39 is 5.91 Å². The molecule has 0 saturated carbocycles. The highest BCUT2D eigenvalue weighted by molar-refractivity contribution is 5.90. The Hall–Kier alpha value is -1.77. The van der Waals surface area contributed by atoms with Crippen LogP contribution in [0.5, 0.6) is 5.75 Å². The molecule has 0 fully saturated rings. The molecule has 0 bridgehead atoms. The van der Waals surface area contributed by atoms with E-state index >= 15 is 0 Å². The minimum Gasteiger partial charge on any atom is -0.494 e. The van der Waals surface area contributed by atoms with Crippen molar-refractivity contribution in [3.05, 3.63) is 35.9 Å². The van der Waals surface area contributed by atoms with E-state index in [1.54, 1.807) is 6.08 Å². The van der Waals surface area contributed by atoms with Gasteiger partial charge in [-0.25, -0.2) is 0 Å². The fourth-order valence-corrected chi connectivity index (χ4v) is 1.02. The molecule has 2 N–H and O–H groups in total. The predicted molar refractivity (Wildman–Crippen MR) is 55.8 cm³/mol. The molecule has 3 heteroatoms. The number of amides is 1. The van der Waals surface area contributed by atoms with Crippen LogP contribution in [0.3, 0.4) is 0 Å². The summed E-state index contributed by atoms with van der Waals surface area (Å²) in [5, 5.41) is 0. The van der Waals surface area contributed by atoms with Crippen LogP contribution < -0.4 is 10.5 Å². The van der Waals surface area contributed by atoms with Gasteiger partial charge in [0.25, 0.3) is 0 Å². The second-order valence-electron chi connectivity index (χ2n) is 2.74. The van der Waals surface area contributed by atoms with E-state index in [4.69, 9.17) is 10.5 Å². The quantitative estimate of drug-likeness (QED) is 0.734. The van der Waals surface area contributed by atoms with Gasteiger partial charge < -0.3 is 10.5 Å². The molecule has 0 spiro atoms. The minimum absolute atomic E-state index is 0.445. The molecule has 0 aliphatic carbocycles. The highest BCUT2D eigenvalue weighted by Crippen LogP contribution is 2.12. The van der Waals surface area contributed by atoms with Crippen molar-refractivity contribution in [1.82, 2.24) is 0 Å². The fourth-order valence-electron chi connectivity index (χ4n) is 1.02. The van der Waals surface area contributed by atoms with Crippen LogP contribution in [0.15, 0.2) is 30.3 Å². The molecule has 0 saturated heterocycles. The second kappa shape index (κ2) is 5.07. The molecule has 0 radical (unpaired) electrons. The van der Waals surface area contributed by atoms with Crippen molar-refractivity contribution >= 4 is 12.0 Å². The smallest absolute Gasteiger partial charge is 0.241 e. The van der Waals surface area contributed by atoms with Crippen LogP contribution in [-0.4, -0.2) is 12.5 Å². The summed E-state index contributed by atoms with van der Waals surface area (Å²) in [5.41, 5.74) is 5.89. The van der Waals surface area contributed by atoms with Gasteiger partial charge in [0.1, 0.15) is 5.75 Å². The first-order chi connectivity index (χ1) is 6.72. The molecule has 1 rings (SSSR count). The van der Waals surface area contributed by atoms with Crippen LogP contribution in [0, 0.1) is 0 Å². The lowest BCUT2D eigenvalue weighted by atomic mass is 10.2. The maximum Gasteiger partial charge on any atom is 0.241 e. The lowest BCUT2D eigenvalue weighted by Gasteiger charge is -2.01. The summed E-state index contributed by atoms with van der Waals surface area (Å²) < 4.78 is 5.27. The normalized spacial score (nSPS) is 10.4. The van der Waals surface area contributed by atoms with E-state index in [9.17, 15) is 4.79 Å². The first kappa shape index (κ1) is 10.3. The number of nitrogens with two attached hydrogens (primary N) is 1. The standard InChI is InChI=1S/C11H13NO2/c1-2-14-10-6-3-9(4-7-10)5-8-11(12)13/h3-8H,2H2,1H3,(H2,12,13)/b8-5-. The molecule has 1 aromatic rings. The average molecular weight is 191 g/mol. The Balaban J connectivity index is 2.68. The zero-order valence-corrected chi connectivity index (χ0v) is 8.07. The number of hydrogen-bond acceptors (Lipinski definition) is 2. The van der Waals surface area contributed by atoms with Gasteiger partial charge in [0.2, 0.25) is 5.91 Å². The molecular weight excluding hydrogens is 178 g/mol. The molecule has 0 atom stereocenters. The van der Waals surface area contributed by atoms with Crippen LogP contribution in [0.4, 0.5) is 0 Å². The highest BCUT2D eigenvalue weighted by Gasteiger charge is 1.91. The van der Waals surface area contributed by atoms with Crippen molar-refractivity contribution < 1.29 is 9.53 Å². The number of hydrogen-bond donors (Lipinski definition) is 1. The monoisotopic (exact) mass is 191 g/mol. The zero-order chi connectivity index (χ0) is 10.4. The number of carbonyl (C=O) groups is 1. The number of benzene rings is 1. The van der Waals surface area contributed by atoms with Gasteiger partial charge in [-0.2, -0.15) is 0 Å². The Morgan fingerprint density at radius 2 is 2.07 bits per heavy atom. The van der Waals surface area contributed by atoms with Gasteiger partial charge in [-0.15, -0.1) is 0 Å². The SMILES string of the molecule is CCOc1ccc(/C=C\C(N)=O)cc1. The highest BCUT2D eigenvalue weighted by atomic mass is 16.5. The first-order valence-electron chi connectivity index (χ1n) is 4.42. The van der Waals surface area contributed by atoms with Crippen molar-refractivity contribution in [3.8, 4) is 5.75 Å². The lowest BCUT2D eigenvalue weighted by Crippen LogP contribution is -2.05. The molecule has 1 amide bonds. The van der Waals surface area contributed by atoms with Crippen molar-refractivity contribution in [2.75, 3.05) is 6.61 Å².